The quantitative estimate of drug-likeness (QED) is 0.830. The Bertz CT molecular complexity index is 330. The van der Waals surface area contributed by atoms with Crippen LogP contribution in [0, 0.1) is 29.1 Å². The highest BCUT2D eigenvalue weighted by atomic mass is 16.1. The van der Waals surface area contributed by atoms with E-state index in [1.807, 2.05) is 0 Å². The number of hydrogen-bond donors (Lipinski definition) is 1. The molecule has 0 aromatic rings. The minimum atomic E-state index is -0.0398. The molecule has 2 heteroatoms. The largest absolute Gasteiger partial charge is 0.316 e. The van der Waals surface area contributed by atoms with Gasteiger partial charge in [0, 0.05) is 18.4 Å². The van der Waals surface area contributed by atoms with E-state index in [1.165, 1.54) is 25.7 Å². The van der Waals surface area contributed by atoms with Crippen LogP contribution in [0.1, 0.15) is 52.4 Å². The van der Waals surface area contributed by atoms with Crippen molar-refractivity contribution in [1.82, 2.24) is 5.32 Å². The van der Waals surface area contributed by atoms with E-state index in [2.05, 4.69) is 19.2 Å². The molecule has 1 aliphatic heterocycles. The zero-order chi connectivity index (χ0) is 12.8. The van der Waals surface area contributed by atoms with Crippen molar-refractivity contribution < 1.29 is 4.79 Å². The predicted octanol–water partition coefficient (Wildman–Crippen LogP) is 3.02. The Kier molecular flexibility index (Phi) is 3.25. The molecule has 2 aliphatic carbocycles. The summed E-state index contributed by atoms with van der Waals surface area (Å²) in [5.41, 5.74) is -0.0398. The number of ketones is 1. The van der Waals surface area contributed by atoms with E-state index in [1.54, 1.807) is 0 Å². The van der Waals surface area contributed by atoms with Crippen molar-refractivity contribution in [3.05, 3.63) is 0 Å². The van der Waals surface area contributed by atoms with Crippen molar-refractivity contribution in [3.8, 4) is 0 Å². The van der Waals surface area contributed by atoms with Crippen molar-refractivity contribution in [3.63, 3.8) is 0 Å². The van der Waals surface area contributed by atoms with Gasteiger partial charge in [-0.15, -0.1) is 0 Å². The monoisotopic (exact) mass is 249 g/mol. The van der Waals surface area contributed by atoms with Crippen LogP contribution in [-0.2, 0) is 4.79 Å². The maximum atomic E-state index is 12.8. The molecule has 18 heavy (non-hydrogen) atoms. The summed E-state index contributed by atoms with van der Waals surface area (Å²) in [5.74, 6) is 3.63. The van der Waals surface area contributed by atoms with E-state index < -0.39 is 0 Å². The molecule has 0 radical (unpaired) electrons. The van der Waals surface area contributed by atoms with Crippen LogP contribution in [0.2, 0.25) is 0 Å². The third-order valence-electron chi connectivity index (χ3n) is 6.18. The van der Waals surface area contributed by atoms with E-state index >= 15 is 0 Å². The first-order chi connectivity index (χ1) is 8.62. The molecule has 3 fully saturated rings. The van der Waals surface area contributed by atoms with Crippen molar-refractivity contribution in [2.45, 2.75) is 52.4 Å². The molecule has 0 aromatic heterocycles. The van der Waals surface area contributed by atoms with Crippen molar-refractivity contribution in [2.24, 2.45) is 29.1 Å². The summed E-state index contributed by atoms with van der Waals surface area (Å²) in [6.07, 6.45) is 7.54. The van der Waals surface area contributed by atoms with E-state index in [0.717, 1.165) is 43.7 Å². The Morgan fingerprint density at radius 1 is 1.33 bits per heavy atom. The number of hydrogen-bond acceptors (Lipinski definition) is 2. The second-order valence-corrected chi connectivity index (χ2v) is 7.30. The molecular weight excluding hydrogens is 222 g/mol. The van der Waals surface area contributed by atoms with Gasteiger partial charge in [0.1, 0.15) is 5.78 Å². The Hall–Kier alpha value is -0.370. The van der Waals surface area contributed by atoms with Crippen molar-refractivity contribution in [1.29, 1.82) is 0 Å². The Balaban J connectivity index is 1.67. The maximum absolute atomic E-state index is 12.8. The topological polar surface area (TPSA) is 29.1 Å². The lowest BCUT2D eigenvalue weighted by Crippen LogP contribution is -2.39. The van der Waals surface area contributed by atoms with Gasteiger partial charge < -0.3 is 5.32 Å². The first-order valence-corrected chi connectivity index (χ1v) is 7.86. The van der Waals surface area contributed by atoms with Gasteiger partial charge in [-0.05, 0) is 55.9 Å². The molecular formula is C16H27NO. The smallest absolute Gasteiger partial charge is 0.140 e. The molecule has 4 unspecified atom stereocenters. The van der Waals surface area contributed by atoms with Crippen LogP contribution in [0.5, 0.6) is 0 Å². The summed E-state index contributed by atoms with van der Waals surface area (Å²) < 4.78 is 0. The standard InChI is InChI=1S/C16H27NO/c1-11(2)16(5-6-17-10-16)15(18)9-14-8-12-3-4-13(14)7-12/h11-14,17H,3-10H2,1-2H3. The summed E-state index contributed by atoms with van der Waals surface area (Å²) in [7, 11) is 0. The van der Waals surface area contributed by atoms with Gasteiger partial charge in [0.25, 0.3) is 0 Å². The van der Waals surface area contributed by atoms with Gasteiger partial charge >= 0.3 is 0 Å². The maximum Gasteiger partial charge on any atom is 0.140 e. The molecule has 4 atom stereocenters. The summed E-state index contributed by atoms with van der Waals surface area (Å²) in [6, 6.07) is 0. The van der Waals surface area contributed by atoms with E-state index in [0.29, 0.717) is 11.7 Å². The van der Waals surface area contributed by atoms with Crippen LogP contribution in [0.15, 0.2) is 0 Å². The summed E-state index contributed by atoms with van der Waals surface area (Å²) in [6.45, 7) is 6.41. The number of rotatable bonds is 4. The molecule has 0 spiro atoms. The van der Waals surface area contributed by atoms with Crippen LogP contribution in [0.3, 0.4) is 0 Å². The molecule has 2 saturated carbocycles. The van der Waals surface area contributed by atoms with Gasteiger partial charge in [0.2, 0.25) is 0 Å². The molecule has 3 aliphatic rings. The lowest BCUT2D eigenvalue weighted by atomic mass is 9.69. The Morgan fingerprint density at radius 2 is 2.17 bits per heavy atom. The molecule has 102 valence electrons. The van der Waals surface area contributed by atoms with Gasteiger partial charge in [-0.3, -0.25) is 4.79 Å². The third-order valence-corrected chi connectivity index (χ3v) is 6.18. The van der Waals surface area contributed by atoms with Crippen molar-refractivity contribution >= 4 is 5.78 Å². The van der Waals surface area contributed by atoms with Gasteiger partial charge in [0.15, 0.2) is 0 Å². The van der Waals surface area contributed by atoms with Crippen LogP contribution in [0.25, 0.3) is 0 Å². The lowest BCUT2D eigenvalue weighted by molar-refractivity contribution is -0.131. The van der Waals surface area contributed by atoms with Gasteiger partial charge in [-0.2, -0.15) is 0 Å². The highest BCUT2D eigenvalue weighted by molar-refractivity contribution is 5.86. The summed E-state index contributed by atoms with van der Waals surface area (Å²) in [5, 5.41) is 3.41. The number of nitrogens with one attached hydrogen (secondary N) is 1. The molecule has 1 saturated heterocycles. The Morgan fingerprint density at radius 3 is 2.67 bits per heavy atom. The van der Waals surface area contributed by atoms with Crippen LogP contribution < -0.4 is 5.32 Å². The first kappa shape index (κ1) is 12.7. The van der Waals surface area contributed by atoms with Gasteiger partial charge in [-0.25, -0.2) is 0 Å². The SMILES string of the molecule is CC(C)C1(C(=O)CC2CC3CCC2C3)CCNC1. The average Bonchev–Trinajstić information content (AvgIpc) is 3.05. The molecule has 3 rings (SSSR count). The van der Waals surface area contributed by atoms with E-state index in [-0.39, 0.29) is 5.41 Å². The van der Waals surface area contributed by atoms with Crippen LogP contribution in [-0.4, -0.2) is 18.9 Å². The molecule has 2 bridgehead atoms. The fraction of sp³-hybridized carbons (Fsp3) is 0.938. The second-order valence-electron chi connectivity index (χ2n) is 7.30. The normalized spacial score (nSPS) is 42.9. The van der Waals surface area contributed by atoms with E-state index in [9.17, 15) is 4.79 Å². The molecule has 1 heterocycles. The van der Waals surface area contributed by atoms with Gasteiger partial charge in [0.05, 0.1) is 0 Å². The molecule has 1 N–H and O–H groups in total. The van der Waals surface area contributed by atoms with Crippen LogP contribution in [0.4, 0.5) is 0 Å². The zero-order valence-corrected chi connectivity index (χ0v) is 11.9. The summed E-state index contributed by atoms with van der Waals surface area (Å²) in [4.78, 5) is 12.8. The first-order valence-electron chi connectivity index (χ1n) is 7.86. The highest BCUT2D eigenvalue weighted by Gasteiger charge is 2.47. The van der Waals surface area contributed by atoms with Crippen molar-refractivity contribution in [2.75, 3.05) is 13.1 Å². The highest BCUT2D eigenvalue weighted by Crippen LogP contribution is 2.51. The predicted molar refractivity (Wildman–Crippen MR) is 73.3 cm³/mol. The Labute approximate surface area is 111 Å². The molecule has 0 aromatic carbocycles. The number of Topliss-reactive ketones (excluding diaryl/α,β-unsaturated/α-hetero) is 1. The number of fused-ring (bicyclic) bond motifs is 2. The number of carbonyl (C=O) groups excluding carboxylic acids is 1. The molecule has 2 nitrogen and oxygen atoms in total. The molecule has 0 amide bonds. The third kappa shape index (κ3) is 1.93. The fourth-order valence-electron chi connectivity index (χ4n) is 4.83. The summed E-state index contributed by atoms with van der Waals surface area (Å²) >= 11 is 0. The van der Waals surface area contributed by atoms with Gasteiger partial charge in [-0.1, -0.05) is 20.3 Å². The second kappa shape index (κ2) is 4.63. The number of carbonyl (C=O) groups is 1. The minimum Gasteiger partial charge on any atom is -0.316 e. The van der Waals surface area contributed by atoms with E-state index in [4.69, 9.17) is 0 Å². The zero-order valence-electron chi connectivity index (χ0n) is 11.9. The van der Waals surface area contributed by atoms with Crippen LogP contribution >= 0.6 is 0 Å². The minimum absolute atomic E-state index is 0.0398. The average molecular weight is 249 g/mol. The fourth-order valence-corrected chi connectivity index (χ4v) is 4.83. The lowest BCUT2D eigenvalue weighted by Gasteiger charge is -2.33.